The predicted octanol–water partition coefficient (Wildman–Crippen LogP) is 0.0554. The number of hydrogen-bond donors (Lipinski definition) is 2. The van der Waals surface area contributed by atoms with Gasteiger partial charge in [-0.05, 0) is 6.42 Å². The second-order valence-electron chi connectivity index (χ2n) is 2.82. The van der Waals surface area contributed by atoms with Gasteiger partial charge < -0.3 is 0 Å². The van der Waals surface area contributed by atoms with Crippen LogP contribution in [0.25, 0.3) is 0 Å². The van der Waals surface area contributed by atoms with Crippen LogP contribution in [0.2, 0.25) is 0 Å². The maximum atomic E-state index is 11.0. The summed E-state index contributed by atoms with van der Waals surface area (Å²) >= 11 is 0. The minimum Gasteiger partial charge on any atom is -0.272 e. The summed E-state index contributed by atoms with van der Waals surface area (Å²) in [6.45, 7) is 1.98. The van der Waals surface area contributed by atoms with Gasteiger partial charge >= 0.3 is 0 Å². The highest BCUT2D eigenvalue weighted by atomic mass is 16.6. The molecule has 0 bridgehead atoms. The Labute approximate surface area is 70.3 Å². The molecule has 1 fully saturated rings. The predicted molar refractivity (Wildman–Crippen MR) is 39.8 cm³/mol. The lowest BCUT2D eigenvalue weighted by Gasteiger charge is -2.03. The molecule has 0 saturated carbocycles. The summed E-state index contributed by atoms with van der Waals surface area (Å²) in [6, 6.07) is 0. The summed E-state index contributed by atoms with van der Waals surface area (Å²) in [5.41, 5.74) is 2.03. The third-order valence-electron chi connectivity index (χ3n) is 1.89. The minimum atomic E-state index is -0.685. The Balaban J connectivity index is 2.52. The second-order valence-corrected chi connectivity index (χ2v) is 2.82. The lowest BCUT2D eigenvalue weighted by Crippen LogP contribution is -2.32. The average Bonchev–Trinajstić information content (AvgIpc) is 2.25. The molecule has 0 aromatic carbocycles. The van der Waals surface area contributed by atoms with E-state index in [4.69, 9.17) is 5.21 Å². The van der Waals surface area contributed by atoms with E-state index in [-0.39, 0.29) is 5.17 Å². The quantitative estimate of drug-likeness (QED) is 0.467. The van der Waals surface area contributed by atoms with Crippen LogP contribution in [0.1, 0.15) is 26.2 Å². The molecule has 5 nitrogen and oxygen atoms in total. The van der Waals surface area contributed by atoms with E-state index in [1.54, 1.807) is 0 Å². The van der Waals surface area contributed by atoms with Crippen LogP contribution in [0.3, 0.4) is 0 Å². The first-order valence-corrected chi connectivity index (χ1v) is 4.00. The molecule has 1 rings (SSSR count). The molecular formula is C7H12N2O3. The van der Waals surface area contributed by atoms with Gasteiger partial charge in [-0.2, -0.15) is 0 Å². The standard InChI is InChI=1S/C7H12N2O3/c1-2-3-4-5-6(10)8-9(12)7(5)11/h5,12H,2-4H2,1H3,(H,8,10). The summed E-state index contributed by atoms with van der Waals surface area (Å²) in [6.07, 6.45) is 2.26. The van der Waals surface area contributed by atoms with Crippen molar-refractivity contribution in [1.29, 1.82) is 0 Å². The molecule has 0 aromatic rings. The Hall–Kier alpha value is -1.10. The fourth-order valence-electron chi connectivity index (χ4n) is 1.16. The number of hydrogen-bond acceptors (Lipinski definition) is 3. The van der Waals surface area contributed by atoms with Crippen LogP contribution in [0.15, 0.2) is 0 Å². The highest BCUT2D eigenvalue weighted by Crippen LogP contribution is 2.15. The van der Waals surface area contributed by atoms with Gasteiger partial charge in [0.05, 0.1) is 0 Å². The first-order valence-electron chi connectivity index (χ1n) is 4.00. The van der Waals surface area contributed by atoms with Crippen molar-refractivity contribution in [3.05, 3.63) is 0 Å². The Morgan fingerprint density at radius 2 is 2.25 bits per heavy atom. The van der Waals surface area contributed by atoms with Crippen molar-refractivity contribution < 1.29 is 14.8 Å². The largest absolute Gasteiger partial charge is 0.279 e. The maximum absolute atomic E-state index is 11.0. The molecule has 1 aliphatic heterocycles. The topological polar surface area (TPSA) is 69.6 Å². The highest BCUT2D eigenvalue weighted by molar-refractivity contribution is 6.04. The minimum absolute atomic E-state index is 0.267. The molecule has 1 atom stereocenters. The van der Waals surface area contributed by atoms with E-state index in [9.17, 15) is 9.59 Å². The van der Waals surface area contributed by atoms with E-state index in [0.29, 0.717) is 6.42 Å². The molecule has 2 N–H and O–H groups in total. The van der Waals surface area contributed by atoms with E-state index < -0.39 is 17.7 Å². The number of nitrogens with zero attached hydrogens (tertiary/aromatic N) is 1. The molecule has 2 amide bonds. The summed E-state index contributed by atoms with van der Waals surface area (Å²) in [7, 11) is 0. The Morgan fingerprint density at radius 3 is 2.67 bits per heavy atom. The van der Waals surface area contributed by atoms with Crippen molar-refractivity contribution in [3.63, 3.8) is 0 Å². The van der Waals surface area contributed by atoms with Crippen LogP contribution in [0.5, 0.6) is 0 Å². The fourth-order valence-corrected chi connectivity index (χ4v) is 1.16. The molecule has 12 heavy (non-hydrogen) atoms. The molecule has 1 saturated heterocycles. The molecular weight excluding hydrogens is 160 g/mol. The number of nitrogens with one attached hydrogen (secondary N) is 1. The average molecular weight is 172 g/mol. The molecule has 0 aromatic heterocycles. The molecule has 68 valence electrons. The van der Waals surface area contributed by atoms with Gasteiger partial charge in [-0.3, -0.25) is 14.8 Å². The summed E-state index contributed by atoms with van der Waals surface area (Å²) in [5, 5.41) is 9.06. The number of hydrazine groups is 1. The van der Waals surface area contributed by atoms with Crippen LogP contribution in [0.4, 0.5) is 0 Å². The fraction of sp³-hybridized carbons (Fsp3) is 0.714. The molecule has 1 aliphatic rings. The van der Waals surface area contributed by atoms with E-state index in [1.165, 1.54) is 0 Å². The zero-order valence-corrected chi connectivity index (χ0v) is 6.91. The molecule has 5 heteroatoms. The molecule has 0 spiro atoms. The van der Waals surface area contributed by atoms with Crippen LogP contribution < -0.4 is 5.43 Å². The third-order valence-corrected chi connectivity index (χ3v) is 1.89. The third kappa shape index (κ3) is 1.55. The summed E-state index contributed by atoms with van der Waals surface area (Å²) < 4.78 is 0. The number of carbonyl (C=O) groups excluding carboxylic acids is 2. The van der Waals surface area contributed by atoms with Crippen LogP contribution >= 0.6 is 0 Å². The van der Waals surface area contributed by atoms with Crippen molar-refractivity contribution >= 4 is 11.8 Å². The highest BCUT2D eigenvalue weighted by Gasteiger charge is 2.37. The number of hydroxylamine groups is 1. The normalized spacial score (nSPS) is 23.2. The number of amides is 2. The first-order chi connectivity index (χ1) is 5.66. The van der Waals surface area contributed by atoms with Gasteiger partial charge in [0.15, 0.2) is 0 Å². The van der Waals surface area contributed by atoms with Crippen molar-refractivity contribution in [2.24, 2.45) is 5.92 Å². The van der Waals surface area contributed by atoms with Gasteiger partial charge in [-0.25, -0.2) is 5.43 Å². The Morgan fingerprint density at radius 1 is 1.58 bits per heavy atom. The van der Waals surface area contributed by atoms with Crippen molar-refractivity contribution in [1.82, 2.24) is 10.6 Å². The van der Waals surface area contributed by atoms with E-state index in [1.807, 2.05) is 12.3 Å². The number of unbranched alkanes of at least 4 members (excludes halogenated alkanes) is 1. The van der Waals surface area contributed by atoms with E-state index in [2.05, 4.69) is 0 Å². The van der Waals surface area contributed by atoms with Crippen molar-refractivity contribution in [3.8, 4) is 0 Å². The smallest absolute Gasteiger partial charge is 0.272 e. The Bertz CT molecular complexity index is 205. The molecule has 1 unspecified atom stereocenters. The lowest BCUT2D eigenvalue weighted by molar-refractivity contribution is -0.171. The SMILES string of the molecule is CCCCC1C(=O)NN(O)C1=O. The maximum Gasteiger partial charge on any atom is 0.279 e. The van der Waals surface area contributed by atoms with Gasteiger partial charge in [0.1, 0.15) is 5.92 Å². The zero-order chi connectivity index (χ0) is 9.14. The summed E-state index contributed by atoms with van der Waals surface area (Å²) in [4.78, 5) is 22.0. The van der Waals surface area contributed by atoms with Gasteiger partial charge in [0.2, 0.25) is 0 Å². The van der Waals surface area contributed by atoms with Crippen LogP contribution in [-0.4, -0.2) is 22.2 Å². The van der Waals surface area contributed by atoms with Gasteiger partial charge in [-0.15, -0.1) is 5.17 Å². The molecule has 1 heterocycles. The molecule has 0 aliphatic carbocycles. The van der Waals surface area contributed by atoms with Crippen molar-refractivity contribution in [2.75, 3.05) is 0 Å². The number of carbonyl (C=O) groups is 2. The molecule has 0 radical (unpaired) electrons. The lowest BCUT2D eigenvalue weighted by atomic mass is 10.0. The van der Waals surface area contributed by atoms with E-state index >= 15 is 0 Å². The monoisotopic (exact) mass is 172 g/mol. The first kappa shape index (κ1) is 8.99. The van der Waals surface area contributed by atoms with E-state index in [0.717, 1.165) is 12.8 Å². The zero-order valence-electron chi connectivity index (χ0n) is 6.91. The van der Waals surface area contributed by atoms with Crippen LogP contribution in [-0.2, 0) is 9.59 Å². The number of rotatable bonds is 3. The van der Waals surface area contributed by atoms with Gasteiger partial charge in [0.25, 0.3) is 11.8 Å². The van der Waals surface area contributed by atoms with Gasteiger partial charge in [0, 0.05) is 0 Å². The summed E-state index contributed by atoms with van der Waals surface area (Å²) in [5.74, 6) is -1.64. The van der Waals surface area contributed by atoms with Gasteiger partial charge in [-0.1, -0.05) is 19.8 Å². The second kappa shape index (κ2) is 3.53. The van der Waals surface area contributed by atoms with Crippen LogP contribution in [0, 0.1) is 5.92 Å². The van der Waals surface area contributed by atoms with Crippen molar-refractivity contribution in [2.45, 2.75) is 26.2 Å². The Kier molecular flexibility index (Phi) is 2.65.